The van der Waals surface area contributed by atoms with E-state index in [1.54, 1.807) is 24.1 Å². The molecule has 5 heteroatoms. The molecule has 1 amide bonds. The molecule has 5 nitrogen and oxygen atoms in total. The van der Waals surface area contributed by atoms with E-state index in [0.717, 1.165) is 12.2 Å². The summed E-state index contributed by atoms with van der Waals surface area (Å²) in [4.78, 5) is 12.9. The maximum Gasteiger partial charge on any atom is 0.228 e. The maximum atomic E-state index is 11.2. The van der Waals surface area contributed by atoms with Gasteiger partial charge in [0, 0.05) is 25.8 Å². The van der Waals surface area contributed by atoms with Crippen LogP contribution in [0.4, 0.5) is 11.4 Å². The van der Waals surface area contributed by atoms with E-state index < -0.39 is 0 Å². The van der Waals surface area contributed by atoms with Crippen LogP contribution in [-0.4, -0.2) is 26.4 Å². The summed E-state index contributed by atoms with van der Waals surface area (Å²) in [6.07, 6.45) is 0.613. The van der Waals surface area contributed by atoms with Gasteiger partial charge in [0.2, 0.25) is 5.91 Å². The molecule has 0 aliphatic carbocycles. The summed E-state index contributed by atoms with van der Waals surface area (Å²) in [7, 11) is 1.54. The van der Waals surface area contributed by atoms with E-state index in [1.807, 2.05) is 6.07 Å². The van der Waals surface area contributed by atoms with Gasteiger partial charge in [-0.25, -0.2) is 0 Å². The molecule has 0 spiro atoms. The SMILES string of the molecule is COCOc1ccc(N2CCC2=O)cc1N. The van der Waals surface area contributed by atoms with Crippen molar-refractivity contribution in [1.29, 1.82) is 0 Å². The molecule has 1 aliphatic heterocycles. The van der Waals surface area contributed by atoms with Crippen LogP contribution in [0.2, 0.25) is 0 Å². The van der Waals surface area contributed by atoms with Crippen molar-refractivity contribution in [2.75, 3.05) is 31.1 Å². The van der Waals surface area contributed by atoms with Crippen molar-refractivity contribution in [3.8, 4) is 5.75 Å². The van der Waals surface area contributed by atoms with Gasteiger partial charge < -0.3 is 20.1 Å². The second-order valence-electron chi connectivity index (χ2n) is 3.57. The number of carbonyl (C=O) groups excluding carboxylic acids is 1. The zero-order chi connectivity index (χ0) is 11.5. The van der Waals surface area contributed by atoms with E-state index in [4.69, 9.17) is 15.2 Å². The third-order valence-electron chi connectivity index (χ3n) is 2.49. The van der Waals surface area contributed by atoms with E-state index in [0.29, 0.717) is 17.9 Å². The fourth-order valence-electron chi connectivity index (χ4n) is 1.55. The molecule has 1 aliphatic rings. The van der Waals surface area contributed by atoms with Crippen LogP contribution in [0, 0.1) is 0 Å². The molecule has 1 heterocycles. The highest BCUT2D eigenvalue weighted by atomic mass is 16.7. The second-order valence-corrected chi connectivity index (χ2v) is 3.57. The van der Waals surface area contributed by atoms with Crippen LogP contribution >= 0.6 is 0 Å². The molecule has 1 aromatic rings. The summed E-state index contributed by atoms with van der Waals surface area (Å²) in [5.74, 6) is 0.698. The fourth-order valence-corrected chi connectivity index (χ4v) is 1.55. The molecule has 0 aromatic heterocycles. The highest BCUT2D eigenvalue weighted by Gasteiger charge is 2.25. The number of β-lactam (4-membered cyclic amide) rings is 1. The Morgan fingerprint density at radius 1 is 1.50 bits per heavy atom. The largest absolute Gasteiger partial charge is 0.465 e. The van der Waals surface area contributed by atoms with E-state index in [2.05, 4.69) is 0 Å². The monoisotopic (exact) mass is 222 g/mol. The van der Waals surface area contributed by atoms with Gasteiger partial charge in [-0.05, 0) is 18.2 Å². The average Bonchev–Trinajstić information content (AvgIpc) is 2.26. The first-order valence-corrected chi connectivity index (χ1v) is 5.04. The number of carbonyl (C=O) groups is 1. The summed E-state index contributed by atoms with van der Waals surface area (Å²) in [5, 5.41) is 0. The normalized spacial score (nSPS) is 14.8. The molecule has 2 N–H and O–H groups in total. The molecule has 2 rings (SSSR count). The van der Waals surface area contributed by atoms with Crippen LogP contribution in [0.5, 0.6) is 5.75 Å². The fraction of sp³-hybridized carbons (Fsp3) is 0.364. The Labute approximate surface area is 93.7 Å². The topological polar surface area (TPSA) is 64.8 Å². The average molecular weight is 222 g/mol. The van der Waals surface area contributed by atoms with Crippen molar-refractivity contribution in [3.05, 3.63) is 18.2 Å². The minimum atomic E-state index is 0.130. The molecular weight excluding hydrogens is 208 g/mol. The first-order valence-electron chi connectivity index (χ1n) is 5.04. The molecule has 1 fully saturated rings. The number of hydrogen-bond donors (Lipinski definition) is 1. The number of amides is 1. The van der Waals surface area contributed by atoms with Crippen LogP contribution < -0.4 is 15.4 Å². The van der Waals surface area contributed by atoms with Crippen molar-refractivity contribution in [1.82, 2.24) is 0 Å². The predicted octanol–water partition coefficient (Wildman–Crippen LogP) is 0.988. The number of nitrogens with two attached hydrogens (primary N) is 1. The molecule has 1 aromatic carbocycles. The van der Waals surface area contributed by atoms with Crippen molar-refractivity contribution < 1.29 is 14.3 Å². The van der Waals surface area contributed by atoms with Crippen LogP contribution in [0.15, 0.2) is 18.2 Å². The first kappa shape index (κ1) is 10.8. The van der Waals surface area contributed by atoms with Crippen molar-refractivity contribution in [2.24, 2.45) is 0 Å². The Bertz CT molecular complexity index is 406. The second kappa shape index (κ2) is 4.40. The summed E-state index contributed by atoms with van der Waals surface area (Å²) < 4.78 is 10.0. The Morgan fingerprint density at radius 2 is 2.31 bits per heavy atom. The number of nitrogens with zero attached hydrogens (tertiary/aromatic N) is 1. The molecule has 0 bridgehead atoms. The standard InChI is InChI=1S/C11H14N2O3/c1-15-7-16-10-3-2-8(6-9(10)12)13-5-4-11(13)14/h2-3,6H,4-5,7,12H2,1H3. The number of hydrogen-bond acceptors (Lipinski definition) is 4. The quantitative estimate of drug-likeness (QED) is 0.468. The molecule has 0 radical (unpaired) electrons. The van der Waals surface area contributed by atoms with Gasteiger partial charge in [0.25, 0.3) is 0 Å². The lowest BCUT2D eigenvalue weighted by molar-refractivity contribution is -0.122. The molecule has 0 unspecified atom stereocenters. The number of nitrogen functional groups attached to an aromatic ring is 1. The lowest BCUT2D eigenvalue weighted by atomic mass is 10.1. The van der Waals surface area contributed by atoms with Gasteiger partial charge in [-0.15, -0.1) is 0 Å². The number of ether oxygens (including phenoxy) is 2. The zero-order valence-electron chi connectivity index (χ0n) is 9.10. The van der Waals surface area contributed by atoms with Gasteiger partial charge >= 0.3 is 0 Å². The smallest absolute Gasteiger partial charge is 0.228 e. The zero-order valence-corrected chi connectivity index (χ0v) is 9.10. The Hall–Kier alpha value is -1.75. The number of rotatable bonds is 4. The van der Waals surface area contributed by atoms with E-state index in [9.17, 15) is 4.79 Å². The van der Waals surface area contributed by atoms with Crippen molar-refractivity contribution in [2.45, 2.75) is 6.42 Å². The molecule has 0 atom stereocenters. The van der Waals surface area contributed by atoms with Gasteiger partial charge in [0.05, 0.1) is 5.69 Å². The van der Waals surface area contributed by atoms with E-state index >= 15 is 0 Å². The summed E-state index contributed by atoms with van der Waals surface area (Å²) in [6, 6.07) is 5.30. The summed E-state index contributed by atoms with van der Waals surface area (Å²) in [5.41, 5.74) is 7.13. The summed E-state index contributed by atoms with van der Waals surface area (Å²) >= 11 is 0. The van der Waals surface area contributed by atoms with E-state index in [-0.39, 0.29) is 12.7 Å². The lowest BCUT2D eigenvalue weighted by Crippen LogP contribution is -2.43. The molecule has 0 saturated carbocycles. The molecular formula is C11H14N2O3. The van der Waals surface area contributed by atoms with Gasteiger partial charge in [-0.2, -0.15) is 0 Å². The predicted molar refractivity (Wildman–Crippen MR) is 60.3 cm³/mol. The van der Waals surface area contributed by atoms with Crippen LogP contribution in [0.1, 0.15) is 6.42 Å². The lowest BCUT2D eigenvalue weighted by Gasteiger charge is -2.30. The van der Waals surface area contributed by atoms with Crippen molar-refractivity contribution >= 4 is 17.3 Å². The van der Waals surface area contributed by atoms with Crippen molar-refractivity contribution in [3.63, 3.8) is 0 Å². The molecule has 86 valence electrons. The summed E-state index contributed by atoms with van der Waals surface area (Å²) in [6.45, 7) is 0.919. The maximum absolute atomic E-state index is 11.2. The van der Waals surface area contributed by atoms with Gasteiger partial charge in [0.15, 0.2) is 6.79 Å². The molecule has 1 saturated heterocycles. The third kappa shape index (κ3) is 1.94. The highest BCUT2D eigenvalue weighted by Crippen LogP contribution is 2.29. The Balaban J connectivity index is 2.12. The van der Waals surface area contributed by atoms with Crippen LogP contribution in [-0.2, 0) is 9.53 Å². The van der Waals surface area contributed by atoms with E-state index in [1.165, 1.54) is 0 Å². The highest BCUT2D eigenvalue weighted by molar-refractivity contribution is 5.99. The number of methoxy groups -OCH3 is 1. The van der Waals surface area contributed by atoms with Crippen LogP contribution in [0.25, 0.3) is 0 Å². The Kier molecular flexibility index (Phi) is 2.96. The van der Waals surface area contributed by atoms with Crippen LogP contribution in [0.3, 0.4) is 0 Å². The Morgan fingerprint density at radius 3 is 2.81 bits per heavy atom. The van der Waals surface area contributed by atoms with Gasteiger partial charge in [0.1, 0.15) is 5.75 Å². The minimum Gasteiger partial charge on any atom is -0.465 e. The first-order chi connectivity index (χ1) is 7.72. The number of benzene rings is 1. The third-order valence-corrected chi connectivity index (χ3v) is 2.49. The minimum absolute atomic E-state index is 0.130. The molecule has 16 heavy (non-hydrogen) atoms. The number of anilines is 2. The van der Waals surface area contributed by atoms with Gasteiger partial charge in [-0.1, -0.05) is 0 Å². The van der Waals surface area contributed by atoms with Gasteiger partial charge in [-0.3, -0.25) is 4.79 Å².